The maximum absolute atomic E-state index is 13.1. The van der Waals surface area contributed by atoms with Crippen molar-refractivity contribution in [1.29, 1.82) is 0 Å². The first-order chi connectivity index (χ1) is 13.9. The standard InChI is InChI=1S/C19H23N5O4S/c1-11-4-6-12(7-5-11)24(10-14(25)22-9-13-3-2-8-28-13)19(27)17-15(20)16(18(21)26)23-29-17/h4-7,13H,2-3,8-10,20H2,1H3,(H2,21,26)(H,22,25)/t13-/m1/s1. The van der Waals surface area contributed by atoms with Crippen LogP contribution in [0.1, 0.15) is 38.6 Å². The Morgan fingerprint density at radius 2 is 2.03 bits per heavy atom. The summed E-state index contributed by atoms with van der Waals surface area (Å²) >= 11 is 0.781. The van der Waals surface area contributed by atoms with E-state index in [1.807, 2.05) is 19.1 Å². The number of nitrogens with one attached hydrogen (secondary N) is 1. The lowest BCUT2D eigenvalue weighted by molar-refractivity contribution is -0.120. The predicted octanol–water partition coefficient (Wildman–Crippen LogP) is 1.07. The van der Waals surface area contributed by atoms with Crippen LogP contribution in [0.25, 0.3) is 0 Å². The fourth-order valence-corrected chi connectivity index (χ4v) is 3.74. The zero-order valence-corrected chi connectivity index (χ0v) is 16.8. The molecule has 29 heavy (non-hydrogen) atoms. The van der Waals surface area contributed by atoms with Crippen LogP contribution in [0.2, 0.25) is 0 Å². The van der Waals surface area contributed by atoms with E-state index in [0.29, 0.717) is 18.8 Å². The second-order valence-corrected chi connectivity index (χ2v) is 7.58. The van der Waals surface area contributed by atoms with E-state index in [4.69, 9.17) is 16.2 Å². The van der Waals surface area contributed by atoms with Gasteiger partial charge < -0.3 is 21.5 Å². The molecule has 0 bridgehead atoms. The highest BCUT2D eigenvalue weighted by molar-refractivity contribution is 7.09. The van der Waals surface area contributed by atoms with Crippen LogP contribution in [0.5, 0.6) is 0 Å². The highest BCUT2D eigenvalue weighted by Crippen LogP contribution is 2.26. The van der Waals surface area contributed by atoms with Gasteiger partial charge in [0.2, 0.25) is 5.91 Å². The molecule has 1 atom stereocenters. The van der Waals surface area contributed by atoms with Crippen molar-refractivity contribution < 1.29 is 19.1 Å². The summed E-state index contributed by atoms with van der Waals surface area (Å²) in [6, 6.07) is 7.16. The molecule has 1 fully saturated rings. The highest BCUT2D eigenvalue weighted by atomic mass is 32.1. The molecule has 0 saturated carbocycles. The van der Waals surface area contributed by atoms with Crippen molar-refractivity contribution in [3.63, 3.8) is 0 Å². The number of anilines is 2. The van der Waals surface area contributed by atoms with Gasteiger partial charge in [-0.3, -0.25) is 19.3 Å². The maximum Gasteiger partial charge on any atom is 0.272 e. The lowest BCUT2D eigenvalue weighted by Crippen LogP contribution is -2.42. The van der Waals surface area contributed by atoms with Gasteiger partial charge in [-0.15, -0.1) is 0 Å². The second-order valence-electron chi connectivity index (χ2n) is 6.80. The first-order valence-corrected chi connectivity index (χ1v) is 9.96. The number of primary amides is 1. The van der Waals surface area contributed by atoms with Crippen LogP contribution in [-0.2, 0) is 9.53 Å². The zero-order valence-electron chi connectivity index (χ0n) is 16.0. The molecule has 5 N–H and O–H groups in total. The van der Waals surface area contributed by atoms with Crippen molar-refractivity contribution in [2.75, 3.05) is 30.3 Å². The van der Waals surface area contributed by atoms with E-state index in [1.165, 1.54) is 4.90 Å². The van der Waals surface area contributed by atoms with Gasteiger partial charge in [-0.05, 0) is 43.4 Å². The quantitative estimate of drug-likeness (QED) is 0.615. The normalized spacial score (nSPS) is 15.8. The van der Waals surface area contributed by atoms with E-state index >= 15 is 0 Å². The Kier molecular flexibility index (Phi) is 6.45. The smallest absolute Gasteiger partial charge is 0.272 e. The largest absolute Gasteiger partial charge is 0.395 e. The Labute approximate surface area is 172 Å². The lowest BCUT2D eigenvalue weighted by Gasteiger charge is -2.22. The molecule has 1 aromatic heterocycles. The van der Waals surface area contributed by atoms with Gasteiger partial charge in [-0.1, -0.05) is 17.7 Å². The van der Waals surface area contributed by atoms with E-state index < -0.39 is 11.8 Å². The van der Waals surface area contributed by atoms with Gasteiger partial charge in [-0.2, -0.15) is 4.37 Å². The number of carbonyl (C=O) groups excluding carboxylic acids is 3. The van der Waals surface area contributed by atoms with Crippen LogP contribution in [-0.4, -0.2) is 47.9 Å². The number of aryl methyl sites for hydroxylation is 1. The Morgan fingerprint density at radius 1 is 1.31 bits per heavy atom. The molecule has 1 aliphatic rings. The lowest BCUT2D eigenvalue weighted by atomic mass is 10.2. The molecule has 9 nitrogen and oxygen atoms in total. The van der Waals surface area contributed by atoms with Crippen LogP contribution < -0.4 is 21.7 Å². The molecule has 3 amide bonds. The third kappa shape index (κ3) is 4.90. The number of hydrogen-bond donors (Lipinski definition) is 3. The maximum atomic E-state index is 13.1. The topological polar surface area (TPSA) is 141 Å². The monoisotopic (exact) mass is 417 g/mol. The summed E-state index contributed by atoms with van der Waals surface area (Å²) in [6.07, 6.45) is 1.87. The molecular weight excluding hydrogens is 394 g/mol. The second kappa shape index (κ2) is 9.01. The van der Waals surface area contributed by atoms with Crippen molar-refractivity contribution >= 4 is 40.6 Å². The fourth-order valence-electron chi connectivity index (χ4n) is 2.99. The van der Waals surface area contributed by atoms with E-state index in [9.17, 15) is 14.4 Å². The van der Waals surface area contributed by atoms with Gasteiger partial charge in [0.05, 0.1) is 11.8 Å². The molecule has 2 heterocycles. The van der Waals surface area contributed by atoms with E-state index in [0.717, 1.165) is 29.9 Å². The third-order valence-corrected chi connectivity index (χ3v) is 5.45. The molecule has 1 aliphatic heterocycles. The SMILES string of the molecule is Cc1ccc(N(CC(=O)NC[C@H]2CCCO2)C(=O)c2snc(C(N)=O)c2N)cc1. The molecule has 0 spiro atoms. The summed E-state index contributed by atoms with van der Waals surface area (Å²) < 4.78 is 9.37. The fraction of sp³-hybridized carbons (Fsp3) is 0.368. The minimum absolute atomic E-state index is 0.00209. The van der Waals surface area contributed by atoms with Crippen molar-refractivity contribution in [3.05, 3.63) is 40.4 Å². The Balaban J connectivity index is 1.80. The molecular formula is C19H23N5O4S. The van der Waals surface area contributed by atoms with E-state index in [2.05, 4.69) is 9.69 Å². The van der Waals surface area contributed by atoms with Gasteiger partial charge in [0, 0.05) is 18.8 Å². The first-order valence-electron chi connectivity index (χ1n) is 9.18. The van der Waals surface area contributed by atoms with E-state index in [1.54, 1.807) is 12.1 Å². The number of nitrogens with two attached hydrogens (primary N) is 2. The number of benzene rings is 1. The van der Waals surface area contributed by atoms with Gasteiger partial charge >= 0.3 is 0 Å². The number of ether oxygens (including phenoxy) is 1. The minimum Gasteiger partial charge on any atom is -0.395 e. The van der Waals surface area contributed by atoms with Crippen LogP contribution in [0.4, 0.5) is 11.4 Å². The van der Waals surface area contributed by atoms with Crippen LogP contribution in [0.3, 0.4) is 0 Å². The summed E-state index contributed by atoms with van der Waals surface area (Å²) in [7, 11) is 0. The van der Waals surface area contributed by atoms with Crippen LogP contribution in [0, 0.1) is 6.92 Å². The average Bonchev–Trinajstić information content (AvgIpc) is 3.34. The molecule has 3 rings (SSSR count). The van der Waals surface area contributed by atoms with Crippen molar-refractivity contribution in [1.82, 2.24) is 9.69 Å². The van der Waals surface area contributed by atoms with Crippen molar-refractivity contribution in [3.8, 4) is 0 Å². The number of nitrogen functional groups attached to an aromatic ring is 1. The zero-order chi connectivity index (χ0) is 21.0. The van der Waals surface area contributed by atoms with E-state index in [-0.39, 0.29) is 34.8 Å². The average molecular weight is 417 g/mol. The van der Waals surface area contributed by atoms with Crippen LogP contribution in [0.15, 0.2) is 24.3 Å². The summed E-state index contributed by atoms with van der Waals surface area (Å²) in [6.45, 7) is 2.80. The molecule has 0 aliphatic carbocycles. The first kappa shape index (κ1) is 20.7. The third-order valence-electron chi connectivity index (χ3n) is 4.60. The molecule has 1 saturated heterocycles. The number of carbonyl (C=O) groups is 3. The molecule has 154 valence electrons. The molecule has 0 radical (unpaired) electrons. The summed E-state index contributed by atoms with van der Waals surface area (Å²) in [5.74, 6) is -1.66. The van der Waals surface area contributed by atoms with Gasteiger partial charge in [0.1, 0.15) is 11.4 Å². The minimum atomic E-state index is -0.811. The Morgan fingerprint density at radius 3 is 2.62 bits per heavy atom. The number of hydrogen-bond acceptors (Lipinski definition) is 7. The van der Waals surface area contributed by atoms with Crippen molar-refractivity contribution in [2.24, 2.45) is 5.73 Å². The number of aromatic nitrogens is 1. The van der Waals surface area contributed by atoms with Crippen molar-refractivity contribution in [2.45, 2.75) is 25.9 Å². The Hall–Kier alpha value is -2.98. The van der Waals surface area contributed by atoms with Gasteiger partial charge in [-0.25, -0.2) is 0 Å². The molecule has 10 heteroatoms. The number of nitrogens with zero attached hydrogens (tertiary/aromatic N) is 2. The Bertz CT molecular complexity index is 906. The molecule has 2 aromatic rings. The summed E-state index contributed by atoms with van der Waals surface area (Å²) in [5.41, 5.74) is 12.4. The predicted molar refractivity (Wildman–Crippen MR) is 110 cm³/mol. The number of rotatable bonds is 7. The summed E-state index contributed by atoms with van der Waals surface area (Å²) in [5, 5.41) is 2.81. The number of amides is 3. The van der Waals surface area contributed by atoms with Gasteiger partial charge in [0.25, 0.3) is 11.8 Å². The molecule has 0 unspecified atom stereocenters. The van der Waals surface area contributed by atoms with Gasteiger partial charge in [0.15, 0.2) is 5.69 Å². The van der Waals surface area contributed by atoms with Crippen LogP contribution >= 0.6 is 11.5 Å². The summed E-state index contributed by atoms with van der Waals surface area (Å²) in [4.78, 5) is 38.4. The highest BCUT2D eigenvalue weighted by Gasteiger charge is 2.27. The molecule has 1 aromatic carbocycles.